The number of rotatable bonds is 4. The third kappa shape index (κ3) is 3.51. The number of benzene rings is 2. The Morgan fingerprint density at radius 3 is 2.48 bits per heavy atom. The maximum atomic E-state index is 12.4. The number of carboxylic acid groups (broad SMARTS) is 1. The fourth-order valence-electron chi connectivity index (χ4n) is 1.92. The Bertz CT molecular complexity index is 797. The first-order valence-electron chi connectivity index (χ1n) is 6.11. The lowest BCUT2D eigenvalue weighted by Gasteiger charge is -2.09. The van der Waals surface area contributed by atoms with Crippen LogP contribution in [0.5, 0.6) is 0 Å². The lowest BCUT2D eigenvalue weighted by atomic mass is 10.1. The lowest BCUT2D eigenvalue weighted by molar-refractivity contribution is 0.0695. The quantitative estimate of drug-likeness (QED) is 0.896. The highest BCUT2D eigenvalue weighted by molar-refractivity contribution is 9.10. The molecular weight excluding hydrogens is 356 g/mol. The normalized spacial score (nSPS) is 11.3. The minimum Gasteiger partial charge on any atom is -0.478 e. The number of aromatic carboxylic acids is 1. The smallest absolute Gasteiger partial charge is 0.336 e. The van der Waals surface area contributed by atoms with E-state index in [1.807, 2.05) is 19.1 Å². The highest BCUT2D eigenvalue weighted by atomic mass is 79.9. The molecule has 0 amide bonds. The summed E-state index contributed by atoms with van der Waals surface area (Å²) in [7, 11) is -3.59. The number of sulfone groups is 1. The fraction of sp³-hybridized carbons (Fsp3) is 0.133. The largest absolute Gasteiger partial charge is 0.478 e. The van der Waals surface area contributed by atoms with Crippen LogP contribution in [0, 0.1) is 6.92 Å². The summed E-state index contributed by atoms with van der Waals surface area (Å²) in [6.45, 7) is 1.84. The molecule has 0 spiro atoms. The van der Waals surface area contributed by atoms with Gasteiger partial charge in [0, 0.05) is 4.47 Å². The summed E-state index contributed by atoms with van der Waals surface area (Å²) in [6.07, 6.45) is 0. The standard InChI is InChI=1S/C15H13BrO4S/c1-10-4-2-3-5-11(10)9-21(19,20)12-6-7-14(16)13(8-12)15(17)18/h2-8H,9H2,1H3,(H,17,18). The summed E-state index contributed by atoms with van der Waals surface area (Å²) in [6, 6.07) is 11.2. The molecule has 0 aliphatic rings. The second-order valence-electron chi connectivity index (χ2n) is 4.63. The molecule has 4 nitrogen and oxygen atoms in total. The minimum absolute atomic E-state index is 0.00588. The number of halogens is 1. The van der Waals surface area contributed by atoms with Crippen molar-refractivity contribution in [2.24, 2.45) is 0 Å². The van der Waals surface area contributed by atoms with Crippen molar-refractivity contribution in [2.75, 3.05) is 0 Å². The van der Waals surface area contributed by atoms with Gasteiger partial charge in [0.25, 0.3) is 0 Å². The number of carboxylic acids is 1. The Kier molecular flexibility index (Phi) is 4.49. The minimum atomic E-state index is -3.59. The van der Waals surface area contributed by atoms with Crippen molar-refractivity contribution in [1.82, 2.24) is 0 Å². The van der Waals surface area contributed by atoms with Gasteiger partial charge in [-0.25, -0.2) is 13.2 Å². The molecule has 0 radical (unpaired) electrons. The average molecular weight is 369 g/mol. The van der Waals surface area contributed by atoms with E-state index in [0.29, 0.717) is 10.0 Å². The third-order valence-electron chi connectivity index (χ3n) is 3.13. The van der Waals surface area contributed by atoms with E-state index in [4.69, 9.17) is 5.11 Å². The Morgan fingerprint density at radius 1 is 1.19 bits per heavy atom. The van der Waals surface area contributed by atoms with Gasteiger partial charge in [-0.3, -0.25) is 0 Å². The predicted octanol–water partition coefficient (Wildman–Crippen LogP) is 3.43. The molecule has 0 aliphatic heterocycles. The molecule has 110 valence electrons. The van der Waals surface area contributed by atoms with Crippen LogP contribution in [-0.2, 0) is 15.6 Å². The molecular formula is C15H13BrO4S. The molecule has 0 unspecified atom stereocenters. The van der Waals surface area contributed by atoms with Crippen LogP contribution in [0.1, 0.15) is 21.5 Å². The number of hydrogen-bond donors (Lipinski definition) is 1. The van der Waals surface area contributed by atoms with Crippen LogP contribution in [0.15, 0.2) is 51.8 Å². The highest BCUT2D eigenvalue weighted by Crippen LogP contribution is 2.24. The van der Waals surface area contributed by atoms with Crippen molar-refractivity contribution in [3.05, 3.63) is 63.6 Å². The molecule has 0 aliphatic carbocycles. The van der Waals surface area contributed by atoms with Gasteiger partial charge in [0.1, 0.15) is 0 Å². The van der Waals surface area contributed by atoms with Gasteiger partial charge in [0.2, 0.25) is 0 Å². The predicted molar refractivity (Wildman–Crippen MR) is 83.2 cm³/mol. The molecule has 0 atom stereocenters. The van der Waals surface area contributed by atoms with Crippen molar-refractivity contribution < 1.29 is 18.3 Å². The molecule has 21 heavy (non-hydrogen) atoms. The van der Waals surface area contributed by atoms with E-state index in [2.05, 4.69) is 15.9 Å². The number of aryl methyl sites for hydroxylation is 1. The van der Waals surface area contributed by atoms with Crippen molar-refractivity contribution in [1.29, 1.82) is 0 Å². The maximum absolute atomic E-state index is 12.4. The van der Waals surface area contributed by atoms with Gasteiger partial charge < -0.3 is 5.11 Å². The van der Waals surface area contributed by atoms with E-state index in [0.717, 1.165) is 5.56 Å². The summed E-state index contributed by atoms with van der Waals surface area (Å²) < 4.78 is 25.2. The summed E-state index contributed by atoms with van der Waals surface area (Å²) in [5.41, 5.74) is 1.52. The van der Waals surface area contributed by atoms with Gasteiger partial charge in [0.05, 0.1) is 16.2 Å². The molecule has 0 heterocycles. The summed E-state index contributed by atoms with van der Waals surface area (Å²) in [5.74, 6) is -1.32. The van der Waals surface area contributed by atoms with E-state index in [9.17, 15) is 13.2 Å². The maximum Gasteiger partial charge on any atom is 0.336 e. The number of hydrogen-bond acceptors (Lipinski definition) is 3. The first-order chi connectivity index (χ1) is 9.81. The van der Waals surface area contributed by atoms with E-state index in [-0.39, 0.29) is 16.2 Å². The van der Waals surface area contributed by atoms with Gasteiger partial charge in [-0.2, -0.15) is 0 Å². The Labute approximate surface area is 131 Å². The van der Waals surface area contributed by atoms with Gasteiger partial charge in [-0.1, -0.05) is 24.3 Å². The van der Waals surface area contributed by atoms with Gasteiger partial charge in [-0.05, 0) is 52.2 Å². The molecule has 2 rings (SSSR count). The van der Waals surface area contributed by atoms with Crippen LogP contribution in [0.2, 0.25) is 0 Å². The first kappa shape index (κ1) is 15.7. The van der Waals surface area contributed by atoms with Crippen molar-refractivity contribution in [3.63, 3.8) is 0 Å². The van der Waals surface area contributed by atoms with E-state index < -0.39 is 15.8 Å². The van der Waals surface area contributed by atoms with E-state index >= 15 is 0 Å². The molecule has 1 N–H and O–H groups in total. The van der Waals surface area contributed by atoms with Crippen molar-refractivity contribution in [2.45, 2.75) is 17.6 Å². The monoisotopic (exact) mass is 368 g/mol. The fourth-order valence-corrected chi connectivity index (χ4v) is 3.81. The Morgan fingerprint density at radius 2 is 1.86 bits per heavy atom. The molecule has 0 saturated carbocycles. The van der Waals surface area contributed by atoms with Crippen LogP contribution in [-0.4, -0.2) is 19.5 Å². The Balaban J connectivity index is 2.43. The second-order valence-corrected chi connectivity index (χ2v) is 7.48. The van der Waals surface area contributed by atoms with Crippen molar-refractivity contribution in [3.8, 4) is 0 Å². The van der Waals surface area contributed by atoms with Crippen LogP contribution >= 0.6 is 15.9 Å². The van der Waals surface area contributed by atoms with E-state index in [1.165, 1.54) is 18.2 Å². The molecule has 0 bridgehead atoms. The van der Waals surface area contributed by atoms with Gasteiger partial charge in [-0.15, -0.1) is 0 Å². The summed E-state index contributed by atoms with van der Waals surface area (Å²) in [4.78, 5) is 11.1. The highest BCUT2D eigenvalue weighted by Gasteiger charge is 2.19. The summed E-state index contributed by atoms with van der Waals surface area (Å²) >= 11 is 3.10. The molecule has 0 saturated heterocycles. The molecule has 2 aromatic carbocycles. The Hall–Kier alpha value is -1.66. The van der Waals surface area contributed by atoms with Crippen LogP contribution in [0.3, 0.4) is 0 Å². The van der Waals surface area contributed by atoms with Crippen LogP contribution in [0.4, 0.5) is 0 Å². The SMILES string of the molecule is Cc1ccccc1CS(=O)(=O)c1ccc(Br)c(C(=O)O)c1. The van der Waals surface area contributed by atoms with Crippen molar-refractivity contribution >= 4 is 31.7 Å². The number of carbonyl (C=O) groups is 1. The molecule has 6 heteroatoms. The van der Waals surface area contributed by atoms with E-state index in [1.54, 1.807) is 12.1 Å². The zero-order valence-electron chi connectivity index (χ0n) is 11.2. The van der Waals surface area contributed by atoms with Gasteiger partial charge >= 0.3 is 5.97 Å². The average Bonchev–Trinajstić information content (AvgIpc) is 2.41. The zero-order chi connectivity index (χ0) is 15.6. The zero-order valence-corrected chi connectivity index (χ0v) is 13.6. The molecule has 2 aromatic rings. The lowest BCUT2D eigenvalue weighted by Crippen LogP contribution is -2.08. The van der Waals surface area contributed by atoms with Gasteiger partial charge in [0.15, 0.2) is 9.84 Å². The summed E-state index contributed by atoms with van der Waals surface area (Å²) in [5, 5.41) is 9.06. The van der Waals surface area contributed by atoms with Crippen LogP contribution < -0.4 is 0 Å². The third-order valence-corrected chi connectivity index (χ3v) is 5.49. The topological polar surface area (TPSA) is 71.4 Å². The first-order valence-corrected chi connectivity index (χ1v) is 8.56. The molecule has 0 fully saturated rings. The van der Waals surface area contributed by atoms with Crippen LogP contribution in [0.25, 0.3) is 0 Å². The molecule has 0 aromatic heterocycles. The second kappa shape index (κ2) is 5.99.